The van der Waals surface area contributed by atoms with Crippen LogP contribution in [0.2, 0.25) is 5.15 Å². The van der Waals surface area contributed by atoms with Gasteiger partial charge in [0.2, 0.25) is 11.0 Å². The van der Waals surface area contributed by atoms with Crippen molar-refractivity contribution in [2.24, 2.45) is 0 Å². The van der Waals surface area contributed by atoms with Gasteiger partial charge in [0.1, 0.15) is 19.0 Å². The maximum Gasteiger partial charge on any atom is 0.408 e. The van der Waals surface area contributed by atoms with Crippen LogP contribution in [-0.4, -0.2) is 44.6 Å². The lowest BCUT2D eigenvalue weighted by Crippen LogP contribution is -2.45. The van der Waals surface area contributed by atoms with Gasteiger partial charge in [0, 0.05) is 6.54 Å². The van der Waals surface area contributed by atoms with Crippen LogP contribution in [0.3, 0.4) is 0 Å². The summed E-state index contributed by atoms with van der Waals surface area (Å²) in [5, 5.41) is 24.4. The Labute approximate surface area is 157 Å². The molecule has 2 aromatic rings. The number of aromatic nitrogens is 2. The van der Waals surface area contributed by atoms with Crippen molar-refractivity contribution in [3.05, 3.63) is 57.5 Å². The summed E-state index contributed by atoms with van der Waals surface area (Å²) in [6.07, 6.45) is 0.0258. The largest absolute Gasteiger partial charge is 0.480 e. The number of benzene rings is 1. The number of amides is 1. The van der Waals surface area contributed by atoms with E-state index in [1.165, 1.54) is 0 Å². The van der Waals surface area contributed by atoms with Crippen molar-refractivity contribution in [3.8, 4) is 0 Å². The number of anilines is 1. The number of hydrogen-bond acceptors (Lipinski definition) is 8. The van der Waals surface area contributed by atoms with Gasteiger partial charge in [0.05, 0.1) is 4.92 Å². The maximum atomic E-state index is 11.8. The molecule has 1 aromatic carbocycles. The number of carboxylic acid groups (broad SMARTS) is 1. The molecule has 0 fully saturated rings. The zero-order valence-corrected chi connectivity index (χ0v) is 14.4. The minimum absolute atomic E-state index is 0.0422. The zero-order chi connectivity index (χ0) is 19.8. The molecule has 2 rings (SSSR count). The van der Waals surface area contributed by atoms with Crippen molar-refractivity contribution in [1.29, 1.82) is 0 Å². The van der Waals surface area contributed by atoms with Crippen molar-refractivity contribution >= 4 is 35.2 Å². The van der Waals surface area contributed by atoms with Crippen molar-refractivity contribution in [1.82, 2.24) is 15.3 Å². The highest BCUT2D eigenvalue weighted by atomic mass is 35.5. The molecule has 1 atom stereocenters. The fraction of sp³-hybridized carbons (Fsp3) is 0.200. The van der Waals surface area contributed by atoms with Crippen LogP contribution >= 0.6 is 11.6 Å². The first-order valence-corrected chi connectivity index (χ1v) is 7.85. The molecule has 0 radical (unpaired) electrons. The molecule has 11 nitrogen and oxygen atoms in total. The lowest BCUT2D eigenvalue weighted by atomic mass is 10.2. The van der Waals surface area contributed by atoms with E-state index in [-0.39, 0.29) is 12.4 Å². The van der Waals surface area contributed by atoms with Gasteiger partial charge in [-0.2, -0.15) is 0 Å². The van der Waals surface area contributed by atoms with Gasteiger partial charge in [-0.05, 0) is 5.56 Å². The average Bonchev–Trinajstić information content (AvgIpc) is 2.63. The number of carbonyl (C=O) groups is 2. The summed E-state index contributed by atoms with van der Waals surface area (Å²) in [5.74, 6) is -1.65. The molecule has 12 heteroatoms. The number of carboxylic acids is 1. The first-order chi connectivity index (χ1) is 12.9. The summed E-state index contributed by atoms with van der Waals surface area (Å²) in [4.78, 5) is 40.5. The quantitative estimate of drug-likeness (QED) is 0.344. The highest BCUT2D eigenvalue weighted by Gasteiger charge is 2.25. The number of ether oxygens (including phenoxy) is 1. The minimum atomic E-state index is -1.43. The van der Waals surface area contributed by atoms with Gasteiger partial charge >= 0.3 is 17.7 Å². The molecule has 0 saturated carbocycles. The number of rotatable bonds is 8. The lowest BCUT2D eigenvalue weighted by molar-refractivity contribution is -0.384. The third-order valence-corrected chi connectivity index (χ3v) is 3.51. The van der Waals surface area contributed by atoms with E-state index >= 15 is 0 Å². The molecule has 1 amide bonds. The van der Waals surface area contributed by atoms with Crippen LogP contribution in [0.5, 0.6) is 0 Å². The molecule has 0 bridgehead atoms. The predicted molar refractivity (Wildman–Crippen MR) is 93.4 cm³/mol. The van der Waals surface area contributed by atoms with Crippen LogP contribution in [0.25, 0.3) is 0 Å². The van der Waals surface area contributed by atoms with Crippen LogP contribution < -0.4 is 10.6 Å². The van der Waals surface area contributed by atoms with Crippen molar-refractivity contribution in [3.63, 3.8) is 0 Å². The molecular formula is C15H14ClN5O6. The molecule has 3 N–H and O–H groups in total. The molecule has 0 aliphatic heterocycles. The second kappa shape index (κ2) is 9.29. The lowest BCUT2D eigenvalue weighted by Gasteiger charge is -2.15. The Morgan fingerprint density at radius 1 is 1.30 bits per heavy atom. The maximum absolute atomic E-state index is 11.8. The first-order valence-electron chi connectivity index (χ1n) is 7.47. The molecule has 0 saturated heterocycles. The summed E-state index contributed by atoms with van der Waals surface area (Å²) >= 11 is 5.65. The molecule has 1 aromatic heterocycles. The Morgan fingerprint density at radius 2 is 2.00 bits per heavy atom. The van der Waals surface area contributed by atoms with Crippen molar-refractivity contribution in [2.45, 2.75) is 12.6 Å². The van der Waals surface area contributed by atoms with Crippen LogP contribution in [0.4, 0.5) is 16.3 Å². The summed E-state index contributed by atoms with van der Waals surface area (Å²) < 4.78 is 4.95. The summed E-state index contributed by atoms with van der Waals surface area (Å²) in [7, 11) is 0. The van der Waals surface area contributed by atoms with E-state index in [2.05, 4.69) is 20.6 Å². The van der Waals surface area contributed by atoms with E-state index in [0.29, 0.717) is 0 Å². The smallest absolute Gasteiger partial charge is 0.408 e. The molecule has 27 heavy (non-hydrogen) atoms. The van der Waals surface area contributed by atoms with Crippen LogP contribution in [0.1, 0.15) is 5.56 Å². The van der Waals surface area contributed by atoms with Crippen molar-refractivity contribution in [2.75, 3.05) is 11.9 Å². The topological polar surface area (TPSA) is 157 Å². The second-order valence-corrected chi connectivity index (χ2v) is 5.45. The first kappa shape index (κ1) is 19.8. The number of alkyl carbamates (subject to hydrolysis) is 1. The molecule has 0 aliphatic carbocycles. The minimum Gasteiger partial charge on any atom is -0.480 e. The van der Waals surface area contributed by atoms with Crippen molar-refractivity contribution < 1.29 is 24.4 Å². The third kappa shape index (κ3) is 5.78. The fourth-order valence-electron chi connectivity index (χ4n) is 1.95. The SMILES string of the molecule is O=C(NC(CNc1ncnc(Cl)c1[N+](=O)[O-])C(=O)O)OCc1ccccc1. The highest BCUT2D eigenvalue weighted by molar-refractivity contribution is 6.31. The molecule has 1 heterocycles. The van der Waals surface area contributed by atoms with Crippen LogP contribution in [0, 0.1) is 10.1 Å². The molecule has 1 unspecified atom stereocenters. The number of halogens is 1. The predicted octanol–water partition coefficient (Wildman–Crippen LogP) is 1.83. The van der Waals surface area contributed by atoms with Gasteiger partial charge in [-0.1, -0.05) is 41.9 Å². The van der Waals surface area contributed by atoms with E-state index < -0.39 is 40.4 Å². The van der Waals surface area contributed by atoms with Crippen LogP contribution in [-0.2, 0) is 16.1 Å². The number of nitrogens with one attached hydrogen (secondary N) is 2. The number of carbonyl (C=O) groups excluding carboxylic acids is 1. The summed E-state index contributed by atoms with van der Waals surface area (Å²) in [6, 6.07) is 7.37. The Kier molecular flexibility index (Phi) is 6.83. The monoisotopic (exact) mass is 395 g/mol. The van der Waals surface area contributed by atoms with Gasteiger partial charge in [-0.25, -0.2) is 19.6 Å². The second-order valence-electron chi connectivity index (χ2n) is 5.10. The van der Waals surface area contributed by atoms with Gasteiger partial charge < -0.3 is 20.5 Å². The van der Waals surface area contributed by atoms with E-state index in [1.54, 1.807) is 30.3 Å². The standard InChI is InChI=1S/C15H14ClN5O6/c16-12-11(21(25)26)13(19-8-18-12)17-6-10(14(22)23)20-15(24)27-7-9-4-2-1-3-5-9/h1-5,8,10H,6-7H2,(H,20,24)(H,22,23)(H,17,18,19). The molecular weight excluding hydrogens is 382 g/mol. The Morgan fingerprint density at radius 3 is 2.63 bits per heavy atom. The Bertz CT molecular complexity index is 835. The van der Waals surface area contributed by atoms with E-state index in [0.717, 1.165) is 11.9 Å². The molecule has 0 spiro atoms. The number of nitrogens with zero attached hydrogens (tertiary/aromatic N) is 3. The summed E-state index contributed by atoms with van der Waals surface area (Å²) in [5.41, 5.74) is 0.124. The van der Waals surface area contributed by atoms with E-state index in [4.69, 9.17) is 16.3 Å². The van der Waals surface area contributed by atoms with E-state index in [9.17, 15) is 24.8 Å². The molecule has 142 valence electrons. The van der Waals surface area contributed by atoms with Crippen LogP contribution in [0.15, 0.2) is 36.7 Å². The number of aliphatic carboxylic acids is 1. The summed E-state index contributed by atoms with van der Waals surface area (Å²) in [6.45, 7) is -0.441. The Balaban J connectivity index is 1.96. The van der Waals surface area contributed by atoms with Gasteiger partial charge in [0.15, 0.2) is 0 Å². The fourth-order valence-corrected chi connectivity index (χ4v) is 2.16. The average molecular weight is 396 g/mol. The highest BCUT2D eigenvalue weighted by Crippen LogP contribution is 2.28. The number of nitro groups is 1. The third-order valence-electron chi connectivity index (χ3n) is 3.24. The van der Waals surface area contributed by atoms with Gasteiger partial charge in [-0.3, -0.25) is 10.1 Å². The van der Waals surface area contributed by atoms with E-state index in [1.807, 2.05) is 0 Å². The zero-order valence-electron chi connectivity index (χ0n) is 13.7. The van der Waals surface area contributed by atoms with Gasteiger partial charge in [-0.15, -0.1) is 0 Å². The number of hydrogen-bond donors (Lipinski definition) is 3. The molecule has 0 aliphatic rings. The normalized spacial score (nSPS) is 11.3. The Hall–Kier alpha value is -3.47. The van der Waals surface area contributed by atoms with Gasteiger partial charge in [0.25, 0.3) is 0 Å².